The maximum Gasteiger partial charge on any atom is 0.222 e. The van der Waals surface area contributed by atoms with Crippen molar-refractivity contribution in [3.05, 3.63) is 16.8 Å². The van der Waals surface area contributed by atoms with Crippen LogP contribution in [0.1, 0.15) is 24.2 Å². The first-order valence-corrected chi connectivity index (χ1v) is 7.32. The summed E-state index contributed by atoms with van der Waals surface area (Å²) in [7, 11) is 3.56. The van der Waals surface area contributed by atoms with E-state index in [1.807, 2.05) is 14.0 Å². The molecule has 1 N–H and O–H groups in total. The van der Waals surface area contributed by atoms with E-state index in [-0.39, 0.29) is 0 Å². The van der Waals surface area contributed by atoms with Crippen LogP contribution in [-0.2, 0) is 13.6 Å². The van der Waals surface area contributed by atoms with Crippen molar-refractivity contribution in [2.75, 3.05) is 7.11 Å². The number of hydrogen-bond donors (Lipinski definition) is 1. The summed E-state index contributed by atoms with van der Waals surface area (Å²) in [6.07, 6.45) is 2.60. The molecule has 0 radical (unpaired) electrons. The van der Waals surface area contributed by atoms with Gasteiger partial charge in [-0.3, -0.25) is 0 Å². The summed E-state index contributed by atoms with van der Waals surface area (Å²) < 4.78 is 7.18. The molecule has 2 aromatic heterocycles. The van der Waals surface area contributed by atoms with E-state index in [0.717, 1.165) is 34.4 Å². The summed E-state index contributed by atoms with van der Waals surface area (Å²) in [6, 6.07) is 0.708. The molecule has 1 fully saturated rings. The van der Waals surface area contributed by atoms with Crippen LogP contribution in [0.4, 0.5) is 0 Å². The Balaban J connectivity index is 1.84. The average Bonchev–Trinajstić information content (AvgIpc) is 3.02. The maximum atomic E-state index is 5.42. The molecule has 2 aromatic rings. The lowest BCUT2D eigenvalue weighted by molar-refractivity contribution is 0.375. The molecule has 5 nitrogen and oxygen atoms in total. The van der Waals surface area contributed by atoms with E-state index >= 15 is 0 Å². The zero-order valence-electron chi connectivity index (χ0n) is 11.4. The molecular weight excluding hydrogens is 260 g/mol. The predicted molar refractivity (Wildman–Crippen MR) is 75.5 cm³/mol. The van der Waals surface area contributed by atoms with E-state index < -0.39 is 0 Å². The van der Waals surface area contributed by atoms with Gasteiger partial charge in [0.2, 0.25) is 5.88 Å². The molecule has 0 aliphatic heterocycles. The third-order valence-electron chi connectivity index (χ3n) is 3.28. The van der Waals surface area contributed by atoms with Gasteiger partial charge in [-0.05, 0) is 19.8 Å². The first kappa shape index (κ1) is 12.6. The van der Waals surface area contributed by atoms with Crippen molar-refractivity contribution in [3.8, 4) is 16.5 Å². The van der Waals surface area contributed by atoms with Gasteiger partial charge in [0.25, 0.3) is 0 Å². The standard InChI is InChI=1S/C13H18N4OS/c1-8-11(13(18-3)17(2)16-8)12-15-10(7-19-12)6-14-9-4-5-9/h7,9,14H,4-6H2,1-3H3. The van der Waals surface area contributed by atoms with Crippen molar-refractivity contribution < 1.29 is 4.74 Å². The average molecular weight is 278 g/mol. The number of methoxy groups -OCH3 is 1. The van der Waals surface area contributed by atoms with Crippen molar-refractivity contribution >= 4 is 11.3 Å². The highest BCUT2D eigenvalue weighted by Crippen LogP contribution is 2.34. The molecule has 0 saturated heterocycles. The Bertz CT molecular complexity index is 585. The quantitative estimate of drug-likeness (QED) is 0.910. The van der Waals surface area contributed by atoms with Gasteiger partial charge in [0.15, 0.2) is 0 Å². The molecule has 0 bridgehead atoms. The maximum absolute atomic E-state index is 5.42. The summed E-state index contributed by atoms with van der Waals surface area (Å²) in [5.74, 6) is 0.772. The third kappa shape index (κ3) is 2.50. The summed E-state index contributed by atoms with van der Waals surface area (Å²) >= 11 is 1.65. The highest BCUT2D eigenvalue weighted by atomic mass is 32.1. The lowest BCUT2D eigenvalue weighted by Gasteiger charge is -2.02. The number of nitrogens with zero attached hydrogens (tertiary/aromatic N) is 3. The van der Waals surface area contributed by atoms with E-state index in [1.165, 1.54) is 12.8 Å². The second kappa shape index (κ2) is 4.94. The lowest BCUT2D eigenvalue weighted by atomic mass is 10.2. The zero-order valence-corrected chi connectivity index (χ0v) is 12.3. The topological polar surface area (TPSA) is 52.0 Å². The van der Waals surface area contributed by atoms with Crippen molar-refractivity contribution in [2.45, 2.75) is 32.4 Å². The molecule has 0 aromatic carbocycles. The van der Waals surface area contributed by atoms with Gasteiger partial charge in [-0.1, -0.05) is 0 Å². The van der Waals surface area contributed by atoms with Crippen LogP contribution in [0.15, 0.2) is 5.38 Å². The molecule has 1 saturated carbocycles. The Kier molecular flexibility index (Phi) is 3.28. The van der Waals surface area contributed by atoms with Crippen molar-refractivity contribution in [3.63, 3.8) is 0 Å². The largest absolute Gasteiger partial charge is 0.481 e. The molecule has 0 atom stereocenters. The number of aryl methyl sites for hydroxylation is 2. The molecule has 3 rings (SSSR count). The number of hydrogen-bond acceptors (Lipinski definition) is 5. The summed E-state index contributed by atoms with van der Waals surface area (Å²) in [5, 5.41) is 11.0. The molecule has 102 valence electrons. The molecule has 0 spiro atoms. The SMILES string of the molecule is COc1c(-c2nc(CNC3CC3)cs2)c(C)nn1C. The van der Waals surface area contributed by atoms with Gasteiger partial charge >= 0.3 is 0 Å². The Morgan fingerprint density at radius 1 is 1.53 bits per heavy atom. The van der Waals surface area contributed by atoms with E-state index in [2.05, 4.69) is 20.8 Å². The van der Waals surface area contributed by atoms with Gasteiger partial charge in [0, 0.05) is 25.0 Å². The number of nitrogens with one attached hydrogen (secondary N) is 1. The van der Waals surface area contributed by atoms with Crippen molar-refractivity contribution in [2.24, 2.45) is 7.05 Å². The highest BCUT2D eigenvalue weighted by Gasteiger charge is 2.22. The molecule has 1 aliphatic rings. The molecule has 19 heavy (non-hydrogen) atoms. The number of rotatable bonds is 5. The summed E-state index contributed by atoms with van der Waals surface area (Å²) in [5.41, 5.74) is 3.06. The number of thiazole rings is 1. The minimum Gasteiger partial charge on any atom is -0.481 e. The normalized spacial score (nSPS) is 14.9. The molecule has 0 amide bonds. The van der Waals surface area contributed by atoms with Crippen LogP contribution in [0.2, 0.25) is 0 Å². The van der Waals surface area contributed by atoms with E-state index in [9.17, 15) is 0 Å². The molecule has 6 heteroatoms. The second-order valence-electron chi connectivity index (χ2n) is 4.89. The summed E-state index contributed by atoms with van der Waals surface area (Å²) in [6.45, 7) is 2.84. The Morgan fingerprint density at radius 3 is 3.00 bits per heavy atom. The van der Waals surface area contributed by atoms with Gasteiger partial charge < -0.3 is 10.1 Å². The van der Waals surface area contributed by atoms with Crippen molar-refractivity contribution in [1.29, 1.82) is 0 Å². The first-order valence-electron chi connectivity index (χ1n) is 6.44. The van der Waals surface area contributed by atoms with Gasteiger partial charge in [-0.25, -0.2) is 9.67 Å². The smallest absolute Gasteiger partial charge is 0.222 e. The Labute approximate surface area is 116 Å². The van der Waals surface area contributed by atoms with Crippen LogP contribution >= 0.6 is 11.3 Å². The van der Waals surface area contributed by atoms with E-state index in [4.69, 9.17) is 4.74 Å². The minimum atomic E-state index is 0.708. The van der Waals surface area contributed by atoms with Crippen LogP contribution in [0.3, 0.4) is 0 Å². The third-order valence-corrected chi connectivity index (χ3v) is 4.19. The fourth-order valence-corrected chi connectivity index (χ4v) is 3.06. The zero-order chi connectivity index (χ0) is 13.4. The van der Waals surface area contributed by atoms with Gasteiger partial charge in [0.05, 0.1) is 24.1 Å². The molecule has 0 unspecified atom stereocenters. The van der Waals surface area contributed by atoms with E-state index in [1.54, 1.807) is 23.1 Å². The second-order valence-corrected chi connectivity index (χ2v) is 5.75. The van der Waals surface area contributed by atoms with Gasteiger partial charge in [0.1, 0.15) is 5.01 Å². The number of aromatic nitrogens is 3. The monoisotopic (exact) mass is 278 g/mol. The van der Waals surface area contributed by atoms with Crippen LogP contribution in [-0.4, -0.2) is 27.9 Å². The first-order chi connectivity index (χ1) is 9.19. The van der Waals surface area contributed by atoms with Crippen LogP contribution in [0.5, 0.6) is 5.88 Å². The van der Waals surface area contributed by atoms with Crippen LogP contribution in [0, 0.1) is 6.92 Å². The van der Waals surface area contributed by atoms with Gasteiger partial charge in [-0.2, -0.15) is 5.10 Å². The summed E-state index contributed by atoms with van der Waals surface area (Å²) in [4.78, 5) is 4.69. The highest BCUT2D eigenvalue weighted by molar-refractivity contribution is 7.13. The molecular formula is C13H18N4OS. The Hall–Kier alpha value is -1.40. The van der Waals surface area contributed by atoms with Crippen LogP contribution < -0.4 is 10.1 Å². The number of ether oxygens (including phenoxy) is 1. The molecule has 1 aliphatic carbocycles. The van der Waals surface area contributed by atoms with Crippen LogP contribution in [0.25, 0.3) is 10.6 Å². The fraction of sp³-hybridized carbons (Fsp3) is 0.538. The molecule has 2 heterocycles. The fourth-order valence-electron chi connectivity index (χ4n) is 2.16. The van der Waals surface area contributed by atoms with E-state index in [0.29, 0.717) is 6.04 Å². The Morgan fingerprint density at radius 2 is 2.32 bits per heavy atom. The lowest BCUT2D eigenvalue weighted by Crippen LogP contribution is -2.15. The predicted octanol–water partition coefficient (Wildman–Crippen LogP) is 2.11. The minimum absolute atomic E-state index is 0.708. The van der Waals surface area contributed by atoms with Crippen molar-refractivity contribution in [1.82, 2.24) is 20.1 Å². The van der Waals surface area contributed by atoms with Gasteiger partial charge in [-0.15, -0.1) is 11.3 Å².